The molecule has 5 nitrogen and oxygen atoms in total. The third-order valence-electron chi connectivity index (χ3n) is 6.22. The summed E-state index contributed by atoms with van der Waals surface area (Å²) >= 11 is 6.94. The Labute approximate surface area is 226 Å². The van der Waals surface area contributed by atoms with E-state index in [2.05, 4.69) is 19.1 Å². The molecule has 37 heavy (non-hydrogen) atoms. The Morgan fingerprint density at radius 1 is 0.973 bits per heavy atom. The summed E-state index contributed by atoms with van der Waals surface area (Å²) in [7, 11) is 1.64. The molecule has 0 atom stereocenters. The van der Waals surface area contributed by atoms with E-state index in [0.29, 0.717) is 9.23 Å². The van der Waals surface area contributed by atoms with E-state index >= 15 is 0 Å². The fraction of sp³-hybridized carbons (Fsp3) is 0.167. The number of unbranched alkanes of at least 4 members (excludes halogenated alkanes) is 1. The van der Waals surface area contributed by atoms with Crippen molar-refractivity contribution in [3.63, 3.8) is 0 Å². The van der Waals surface area contributed by atoms with Crippen LogP contribution in [0.3, 0.4) is 0 Å². The highest BCUT2D eigenvalue weighted by Crippen LogP contribution is 2.37. The number of nitrogens with zero attached hydrogens (tertiary/aromatic N) is 3. The minimum absolute atomic E-state index is 0.121. The molecule has 1 saturated heterocycles. The van der Waals surface area contributed by atoms with Crippen LogP contribution in [0.2, 0.25) is 0 Å². The Hall–Kier alpha value is -3.68. The van der Waals surface area contributed by atoms with Crippen LogP contribution >= 0.6 is 24.0 Å². The summed E-state index contributed by atoms with van der Waals surface area (Å²) in [6, 6.07) is 25.8. The number of ether oxygens (including phenoxy) is 1. The average molecular weight is 526 g/mol. The number of amides is 1. The molecule has 0 aliphatic carbocycles. The first kappa shape index (κ1) is 25.0. The van der Waals surface area contributed by atoms with E-state index in [0.717, 1.165) is 53.2 Å². The second-order valence-corrected chi connectivity index (χ2v) is 10.4. The van der Waals surface area contributed by atoms with Crippen LogP contribution in [0.25, 0.3) is 23.0 Å². The average Bonchev–Trinajstić information content (AvgIpc) is 3.48. The zero-order valence-electron chi connectivity index (χ0n) is 20.8. The van der Waals surface area contributed by atoms with E-state index < -0.39 is 0 Å². The van der Waals surface area contributed by atoms with E-state index in [1.807, 2.05) is 83.7 Å². The lowest BCUT2D eigenvalue weighted by Gasteiger charge is -2.15. The molecule has 0 unspecified atom stereocenters. The Kier molecular flexibility index (Phi) is 7.53. The van der Waals surface area contributed by atoms with Crippen LogP contribution < -0.4 is 9.64 Å². The minimum atomic E-state index is -0.121. The number of rotatable bonds is 8. The Morgan fingerprint density at radius 3 is 2.38 bits per heavy atom. The smallest absolute Gasteiger partial charge is 0.270 e. The fourth-order valence-corrected chi connectivity index (χ4v) is 5.49. The molecule has 0 spiro atoms. The van der Waals surface area contributed by atoms with Crippen molar-refractivity contribution in [1.82, 2.24) is 9.78 Å². The van der Waals surface area contributed by atoms with E-state index in [1.165, 1.54) is 17.3 Å². The molecule has 0 radical (unpaired) electrons. The van der Waals surface area contributed by atoms with Crippen LogP contribution in [0.15, 0.2) is 90.0 Å². The summed E-state index contributed by atoms with van der Waals surface area (Å²) < 4.78 is 7.68. The summed E-state index contributed by atoms with van der Waals surface area (Å²) in [4.78, 5) is 15.7. The van der Waals surface area contributed by atoms with Crippen LogP contribution in [0.1, 0.15) is 30.9 Å². The maximum absolute atomic E-state index is 13.5. The number of benzene rings is 3. The van der Waals surface area contributed by atoms with Gasteiger partial charge in [-0.05, 0) is 73.0 Å². The number of hydrogen-bond acceptors (Lipinski definition) is 5. The summed E-state index contributed by atoms with van der Waals surface area (Å²) in [5.41, 5.74) is 5.54. The Bertz CT molecular complexity index is 1440. The van der Waals surface area contributed by atoms with Crippen molar-refractivity contribution >= 4 is 46.0 Å². The number of aromatic nitrogens is 2. The van der Waals surface area contributed by atoms with Gasteiger partial charge in [0.15, 0.2) is 4.32 Å². The third-order valence-corrected chi connectivity index (χ3v) is 7.52. The first-order valence-corrected chi connectivity index (χ1v) is 13.5. The molecule has 0 saturated carbocycles. The second-order valence-electron chi connectivity index (χ2n) is 8.73. The summed E-state index contributed by atoms with van der Waals surface area (Å²) in [5.74, 6) is 0.652. The number of carbonyl (C=O) groups excluding carboxylic acids is 1. The lowest BCUT2D eigenvalue weighted by molar-refractivity contribution is -0.113. The van der Waals surface area contributed by atoms with Crippen molar-refractivity contribution in [2.75, 3.05) is 12.0 Å². The molecular formula is C30H27N3O2S2. The Morgan fingerprint density at radius 2 is 1.70 bits per heavy atom. The zero-order chi connectivity index (χ0) is 25.8. The third kappa shape index (κ3) is 5.38. The van der Waals surface area contributed by atoms with Crippen LogP contribution in [0.4, 0.5) is 5.69 Å². The molecule has 3 aromatic carbocycles. The van der Waals surface area contributed by atoms with Crippen molar-refractivity contribution in [3.8, 4) is 22.7 Å². The molecule has 2 heterocycles. The van der Waals surface area contributed by atoms with Gasteiger partial charge in [-0.2, -0.15) is 5.10 Å². The highest BCUT2D eigenvalue weighted by molar-refractivity contribution is 8.27. The second kappa shape index (κ2) is 11.2. The van der Waals surface area contributed by atoms with E-state index in [9.17, 15) is 4.79 Å². The maximum Gasteiger partial charge on any atom is 0.270 e. The molecule has 1 fully saturated rings. The first-order chi connectivity index (χ1) is 18.1. The number of anilines is 1. The predicted molar refractivity (Wildman–Crippen MR) is 156 cm³/mol. The number of para-hydroxylation sites is 1. The summed E-state index contributed by atoms with van der Waals surface area (Å²) in [6.07, 6.45) is 7.18. The maximum atomic E-state index is 13.5. The first-order valence-electron chi connectivity index (χ1n) is 12.2. The normalized spacial score (nSPS) is 14.5. The van der Waals surface area contributed by atoms with Crippen LogP contribution in [0, 0.1) is 0 Å². The molecule has 1 aliphatic rings. The molecule has 0 N–H and O–H groups in total. The molecule has 1 amide bonds. The lowest BCUT2D eigenvalue weighted by atomic mass is 10.1. The zero-order valence-corrected chi connectivity index (χ0v) is 22.4. The van der Waals surface area contributed by atoms with Gasteiger partial charge < -0.3 is 4.74 Å². The van der Waals surface area contributed by atoms with Gasteiger partial charge in [0.25, 0.3) is 5.91 Å². The molecule has 1 aromatic heterocycles. The van der Waals surface area contributed by atoms with Gasteiger partial charge in [-0.1, -0.05) is 67.7 Å². The number of carbonyl (C=O) groups is 1. The number of thiocarbonyl (C=S) groups is 1. The van der Waals surface area contributed by atoms with Crippen LogP contribution in [-0.4, -0.2) is 27.1 Å². The van der Waals surface area contributed by atoms with Crippen molar-refractivity contribution in [2.24, 2.45) is 0 Å². The monoisotopic (exact) mass is 525 g/mol. The number of hydrogen-bond donors (Lipinski definition) is 0. The van der Waals surface area contributed by atoms with Crippen molar-refractivity contribution < 1.29 is 9.53 Å². The van der Waals surface area contributed by atoms with Gasteiger partial charge in [0.2, 0.25) is 0 Å². The topological polar surface area (TPSA) is 47.4 Å². The lowest BCUT2D eigenvalue weighted by Crippen LogP contribution is -2.27. The standard InChI is InChI=1S/C30H27N3O2S2/c1-3-4-8-21-11-15-25(16-12-21)33-29(34)27(37-30(33)36)19-23-20-32(24-9-6-5-7-10-24)31-28(23)22-13-17-26(35-2)18-14-22/h5-7,9-20H,3-4,8H2,1-2H3/b27-19-. The molecule has 0 bridgehead atoms. The van der Waals surface area contributed by atoms with Gasteiger partial charge >= 0.3 is 0 Å². The molecule has 1 aliphatic heterocycles. The highest BCUT2D eigenvalue weighted by atomic mass is 32.2. The van der Waals surface area contributed by atoms with Crippen LogP contribution in [-0.2, 0) is 11.2 Å². The van der Waals surface area contributed by atoms with Gasteiger partial charge in [-0.3, -0.25) is 9.69 Å². The molecular weight excluding hydrogens is 498 g/mol. The minimum Gasteiger partial charge on any atom is -0.497 e. The Balaban J connectivity index is 1.49. The molecule has 7 heteroatoms. The summed E-state index contributed by atoms with van der Waals surface area (Å²) in [6.45, 7) is 2.18. The van der Waals surface area contributed by atoms with Gasteiger partial charge in [-0.15, -0.1) is 0 Å². The number of aryl methyl sites for hydroxylation is 1. The van der Waals surface area contributed by atoms with E-state index in [1.54, 1.807) is 12.0 Å². The highest BCUT2D eigenvalue weighted by Gasteiger charge is 2.33. The van der Waals surface area contributed by atoms with Gasteiger partial charge in [0.05, 0.1) is 29.1 Å². The van der Waals surface area contributed by atoms with Crippen molar-refractivity contribution in [3.05, 3.63) is 101 Å². The van der Waals surface area contributed by atoms with E-state index in [-0.39, 0.29) is 5.91 Å². The number of methoxy groups -OCH3 is 1. The molecule has 4 aromatic rings. The summed E-state index contributed by atoms with van der Waals surface area (Å²) in [5, 5.41) is 4.87. The van der Waals surface area contributed by atoms with Gasteiger partial charge in [0.1, 0.15) is 5.75 Å². The quantitative estimate of drug-likeness (QED) is 0.178. The van der Waals surface area contributed by atoms with Gasteiger partial charge in [0, 0.05) is 17.3 Å². The largest absolute Gasteiger partial charge is 0.497 e. The molecule has 5 rings (SSSR count). The SMILES string of the molecule is CCCCc1ccc(N2C(=O)/C(=C/c3cn(-c4ccccc4)nc3-c3ccc(OC)cc3)SC2=S)cc1. The van der Waals surface area contributed by atoms with Gasteiger partial charge in [-0.25, -0.2) is 4.68 Å². The van der Waals surface area contributed by atoms with Crippen LogP contribution in [0.5, 0.6) is 5.75 Å². The molecule has 186 valence electrons. The van der Waals surface area contributed by atoms with E-state index in [4.69, 9.17) is 22.1 Å². The van der Waals surface area contributed by atoms with Crippen molar-refractivity contribution in [1.29, 1.82) is 0 Å². The number of thioether (sulfide) groups is 1. The predicted octanol–water partition coefficient (Wildman–Crippen LogP) is 7.30. The van der Waals surface area contributed by atoms with Crippen molar-refractivity contribution in [2.45, 2.75) is 26.2 Å². The fourth-order valence-electron chi connectivity index (χ4n) is 4.20.